The van der Waals surface area contributed by atoms with Crippen molar-refractivity contribution in [2.24, 2.45) is 0 Å². The standard InChI is InChI=1S/C22H20ClIN2O4S/c1-26(31(28,29)20-10-4-17(23)5-11-20)14-16-13-15(3-12-21(16)30-2)22(27)25-19-8-6-18(24)7-9-19/h3-13H,14H2,1-2H3,(H,25,27). The van der Waals surface area contributed by atoms with Crippen molar-refractivity contribution in [3.63, 3.8) is 0 Å². The third-order valence-electron chi connectivity index (χ3n) is 4.56. The van der Waals surface area contributed by atoms with Crippen LogP contribution in [0.1, 0.15) is 15.9 Å². The summed E-state index contributed by atoms with van der Waals surface area (Å²) < 4.78 is 33.4. The number of hydrogen-bond acceptors (Lipinski definition) is 4. The summed E-state index contributed by atoms with van der Waals surface area (Å²) in [6, 6.07) is 18.3. The lowest BCUT2D eigenvalue weighted by Gasteiger charge is -2.19. The van der Waals surface area contributed by atoms with Crippen LogP contribution in [-0.4, -0.2) is 32.8 Å². The van der Waals surface area contributed by atoms with Crippen molar-refractivity contribution < 1.29 is 17.9 Å². The molecule has 0 unspecified atom stereocenters. The van der Waals surface area contributed by atoms with Gasteiger partial charge >= 0.3 is 0 Å². The van der Waals surface area contributed by atoms with Gasteiger partial charge in [-0.25, -0.2) is 8.42 Å². The lowest BCUT2D eigenvalue weighted by molar-refractivity contribution is 0.102. The van der Waals surface area contributed by atoms with E-state index in [0.717, 1.165) is 3.57 Å². The third kappa shape index (κ3) is 5.76. The van der Waals surface area contributed by atoms with Crippen LogP contribution in [0.5, 0.6) is 5.75 Å². The Kier molecular flexibility index (Phi) is 7.58. The highest BCUT2D eigenvalue weighted by Crippen LogP contribution is 2.25. The van der Waals surface area contributed by atoms with Gasteiger partial charge in [0.15, 0.2) is 0 Å². The molecule has 3 rings (SSSR count). The van der Waals surface area contributed by atoms with Crippen LogP contribution >= 0.6 is 34.2 Å². The number of hydrogen-bond donors (Lipinski definition) is 1. The quantitative estimate of drug-likeness (QED) is 0.405. The predicted octanol–water partition coefficient (Wildman–Crippen LogP) is 5.03. The van der Waals surface area contributed by atoms with E-state index in [4.69, 9.17) is 16.3 Å². The van der Waals surface area contributed by atoms with Gasteiger partial charge in [0.05, 0.1) is 12.0 Å². The molecule has 0 heterocycles. The van der Waals surface area contributed by atoms with Crippen LogP contribution in [0.15, 0.2) is 71.6 Å². The van der Waals surface area contributed by atoms with Crippen LogP contribution in [0.3, 0.4) is 0 Å². The van der Waals surface area contributed by atoms with Gasteiger partial charge in [-0.2, -0.15) is 4.31 Å². The number of carbonyl (C=O) groups is 1. The maximum absolute atomic E-state index is 12.9. The summed E-state index contributed by atoms with van der Waals surface area (Å²) >= 11 is 8.05. The highest BCUT2D eigenvalue weighted by molar-refractivity contribution is 14.1. The molecule has 0 aliphatic heterocycles. The largest absolute Gasteiger partial charge is 0.496 e. The molecule has 0 aliphatic carbocycles. The number of methoxy groups -OCH3 is 1. The van der Waals surface area contributed by atoms with Gasteiger partial charge in [-0.15, -0.1) is 0 Å². The monoisotopic (exact) mass is 570 g/mol. The number of amides is 1. The topological polar surface area (TPSA) is 75.7 Å². The van der Waals surface area contributed by atoms with E-state index in [-0.39, 0.29) is 17.3 Å². The van der Waals surface area contributed by atoms with E-state index in [2.05, 4.69) is 27.9 Å². The minimum Gasteiger partial charge on any atom is -0.496 e. The molecule has 0 atom stereocenters. The van der Waals surface area contributed by atoms with Crippen LogP contribution in [0, 0.1) is 3.57 Å². The van der Waals surface area contributed by atoms with Crippen LogP contribution < -0.4 is 10.1 Å². The van der Waals surface area contributed by atoms with E-state index in [1.54, 1.807) is 18.2 Å². The first-order chi connectivity index (χ1) is 14.7. The molecular weight excluding hydrogens is 551 g/mol. The molecule has 0 aromatic heterocycles. The number of sulfonamides is 1. The van der Waals surface area contributed by atoms with Gasteiger partial charge in [0, 0.05) is 39.0 Å². The van der Waals surface area contributed by atoms with Gasteiger partial charge < -0.3 is 10.1 Å². The predicted molar refractivity (Wildman–Crippen MR) is 130 cm³/mol. The number of benzene rings is 3. The number of carbonyl (C=O) groups excluding carboxylic acids is 1. The Labute approximate surface area is 200 Å². The molecule has 9 heteroatoms. The number of nitrogens with one attached hydrogen (secondary N) is 1. The van der Waals surface area contributed by atoms with Crippen molar-refractivity contribution in [1.29, 1.82) is 0 Å². The molecule has 0 saturated carbocycles. The van der Waals surface area contributed by atoms with Gasteiger partial charge in [-0.3, -0.25) is 4.79 Å². The minimum atomic E-state index is -3.75. The average molecular weight is 571 g/mol. The second-order valence-electron chi connectivity index (χ2n) is 6.70. The van der Waals surface area contributed by atoms with E-state index in [1.807, 2.05) is 24.3 Å². The molecule has 0 saturated heterocycles. The first-order valence-electron chi connectivity index (χ1n) is 9.16. The molecule has 1 N–H and O–H groups in total. The Bertz CT molecular complexity index is 1180. The van der Waals surface area contributed by atoms with E-state index >= 15 is 0 Å². The first kappa shape index (κ1) is 23.5. The zero-order valence-electron chi connectivity index (χ0n) is 16.8. The highest BCUT2D eigenvalue weighted by Gasteiger charge is 2.22. The third-order valence-corrected chi connectivity index (χ3v) is 7.35. The fourth-order valence-corrected chi connectivity index (χ4v) is 4.53. The minimum absolute atomic E-state index is 0.0266. The SMILES string of the molecule is COc1ccc(C(=O)Nc2ccc(I)cc2)cc1CN(C)S(=O)(=O)c1ccc(Cl)cc1. The van der Waals surface area contributed by atoms with Crippen LogP contribution in [0.2, 0.25) is 5.02 Å². The zero-order valence-corrected chi connectivity index (χ0v) is 20.5. The summed E-state index contributed by atoms with van der Waals surface area (Å²) in [5, 5.41) is 3.29. The second kappa shape index (κ2) is 9.99. The van der Waals surface area contributed by atoms with Crippen molar-refractivity contribution >= 4 is 55.8 Å². The fourth-order valence-electron chi connectivity index (χ4n) is 2.89. The number of rotatable bonds is 7. The number of ether oxygens (including phenoxy) is 1. The molecule has 6 nitrogen and oxygen atoms in total. The van der Waals surface area contributed by atoms with Gasteiger partial charge in [0.1, 0.15) is 5.75 Å². The molecular formula is C22H20ClIN2O4S. The van der Waals surface area contributed by atoms with E-state index < -0.39 is 10.0 Å². The molecule has 31 heavy (non-hydrogen) atoms. The molecule has 0 spiro atoms. The van der Waals surface area contributed by atoms with Crippen molar-refractivity contribution in [2.45, 2.75) is 11.4 Å². The zero-order chi connectivity index (χ0) is 22.6. The van der Waals surface area contributed by atoms with Crippen molar-refractivity contribution in [1.82, 2.24) is 4.31 Å². The Balaban J connectivity index is 1.83. The van der Waals surface area contributed by atoms with Gasteiger partial charge in [0.2, 0.25) is 10.0 Å². The molecule has 0 bridgehead atoms. The number of anilines is 1. The Hall–Kier alpha value is -2.14. The van der Waals surface area contributed by atoms with E-state index in [1.165, 1.54) is 42.7 Å². The van der Waals surface area contributed by atoms with Crippen LogP contribution in [0.4, 0.5) is 5.69 Å². The molecule has 0 aliphatic rings. The normalized spacial score (nSPS) is 11.4. The molecule has 3 aromatic carbocycles. The van der Waals surface area contributed by atoms with Gasteiger partial charge in [0.25, 0.3) is 5.91 Å². The summed E-state index contributed by atoms with van der Waals surface area (Å²) in [4.78, 5) is 12.8. The first-order valence-corrected chi connectivity index (χ1v) is 12.1. The second-order valence-corrected chi connectivity index (χ2v) is 10.4. The Morgan fingerprint density at radius 3 is 2.32 bits per heavy atom. The van der Waals surface area contributed by atoms with Crippen molar-refractivity contribution in [3.8, 4) is 5.75 Å². The van der Waals surface area contributed by atoms with Crippen molar-refractivity contribution in [3.05, 3.63) is 86.4 Å². The molecule has 0 fully saturated rings. The average Bonchev–Trinajstić information content (AvgIpc) is 2.75. The van der Waals surface area contributed by atoms with E-state index in [0.29, 0.717) is 27.6 Å². The Morgan fingerprint density at radius 1 is 1.06 bits per heavy atom. The molecule has 1 amide bonds. The maximum Gasteiger partial charge on any atom is 0.255 e. The summed E-state index contributed by atoms with van der Waals surface area (Å²) in [7, 11) is -0.775. The van der Waals surface area contributed by atoms with Crippen molar-refractivity contribution in [2.75, 3.05) is 19.5 Å². The highest BCUT2D eigenvalue weighted by atomic mass is 127. The molecule has 0 radical (unpaired) electrons. The number of nitrogens with zero attached hydrogens (tertiary/aromatic N) is 1. The summed E-state index contributed by atoms with van der Waals surface area (Å²) in [5.74, 6) is 0.192. The summed E-state index contributed by atoms with van der Waals surface area (Å²) in [6.07, 6.45) is 0. The summed E-state index contributed by atoms with van der Waals surface area (Å²) in [6.45, 7) is 0.0266. The maximum atomic E-state index is 12.9. The van der Waals surface area contributed by atoms with Gasteiger partial charge in [-0.1, -0.05) is 11.6 Å². The lowest BCUT2D eigenvalue weighted by atomic mass is 10.1. The summed E-state index contributed by atoms with van der Waals surface area (Å²) in [5.41, 5.74) is 1.63. The van der Waals surface area contributed by atoms with Gasteiger partial charge in [-0.05, 0) is 89.3 Å². The molecule has 3 aromatic rings. The van der Waals surface area contributed by atoms with Crippen LogP contribution in [-0.2, 0) is 16.6 Å². The van der Waals surface area contributed by atoms with Crippen LogP contribution in [0.25, 0.3) is 0 Å². The Morgan fingerprint density at radius 2 is 1.71 bits per heavy atom. The lowest BCUT2D eigenvalue weighted by Crippen LogP contribution is -2.27. The molecule has 162 valence electrons. The number of halogens is 2. The smallest absolute Gasteiger partial charge is 0.255 e. The fraction of sp³-hybridized carbons (Fsp3) is 0.136. The van der Waals surface area contributed by atoms with E-state index in [9.17, 15) is 13.2 Å².